The third-order valence-corrected chi connectivity index (χ3v) is 3.65. The molecule has 2 N–H and O–H groups in total. The zero-order valence-electron chi connectivity index (χ0n) is 11.8. The second kappa shape index (κ2) is 8.51. The molecule has 1 aliphatic rings. The average Bonchev–Trinajstić information content (AvgIpc) is 2.38. The summed E-state index contributed by atoms with van der Waals surface area (Å²) in [7, 11) is 0. The van der Waals surface area contributed by atoms with E-state index in [-0.39, 0.29) is 12.5 Å². The number of aliphatic hydroxyl groups is 1. The van der Waals surface area contributed by atoms with Crippen LogP contribution in [0.1, 0.15) is 45.4 Å². The van der Waals surface area contributed by atoms with Gasteiger partial charge in [0, 0.05) is 6.61 Å². The van der Waals surface area contributed by atoms with Gasteiger partial charge in [0.05, 0.1) is 31.3 Å². The van der Waals surface area contributed by atoms with E-state index < -0.39 is 11.6 Å². The topological polar surface area (TPSA) is 76.0 Å². The van der Waals surface area contributed by atoms with Crippen LogP contribution in [-0.2, 0) is 14.3 Å². The van der Waals surface area contributed by atoms with Gasteiger partial charge in [-0.05, 0) is 32.1 Å². The van der Waals surface area contributed by atoms with Crippen molar-refractivity contribution in [1.29, 1.82) is 0 Å². The fourth-order valence-electron chi connectivity index (χ4n) is 2.27. The fraction of sp³-hybridized carbons (Fsp3) is 0.929. The highest BCUT2D eigenvalue weighted by molar-refractivity contribution is 5.70. The van der Waals surface area contributed by atoms with Gasteiger partial charge in [-0.3, -0.25) is 4.79 Å². The number of hydrogen-bond donors (Lipinski definition) is 2. The van der Waals surface area contributed by atoms with Gasteiger partial charge < -0.3 is 19.7 Å². The molecule has 0 radical (unpaired) electrons. The number of aliphatic carboxylic acids is 1. The molecule has 0 unspecified atom stereocenters. The van der Waals surface area contributed by atoms with Gasteiger partial charge in [0.1, 0.15) is 0 Å². The number of carbonyl (C=O) groups is 1. The molecule has 0 aromatic carbocycles. The van der Waals surface area contributed by atoms with E-state index >= 15 is 0 Å². The maximum absolute atomic E-state index is 10.8. The summed E-state index contributed by atoms with van der Waals surface area (Å²) in [6.07, 6.45) is 4.23. The van der Waals surface area contributed by atoms with Gasteiger partial charge in [0.2, 0.25) is 0 Å². The number of rotatable bonds is 9. The van der Waals surface area contributed by atoms with Crippen LogP contribution in [0.5, 0.6) is 0 Å². The summed E-state index contributed by atoms with van der Waals surface area (Å²) in [5, 5.41) is 19.1. The van der Waals surface area contributed by atoms with Crippen LogP contribution in [0.25, 0.3) is 0 Å². The normalized spacial score (nSPS) is 27.4. The number of carboxylic acids is 1. The summed E-state index contributed by atoms with van der Waals surface area (Å²) in [4.78, 5) is 10.8. The van der Waals surface area contributed by atoms with E-state index in [1.54, 1.807) is 0 Å². The first-order valence-corrected chi connectivity index (χ1v) is 7.18. The van der Waals surface area contributed by atoms with E-state index in [9.17, 15) is 9.90 Å². The van der Waals surface area contributed by atoms with Crippen LogP contribution in [0.3, 0.4) is 0 Å². The first-order valence-electron chi connectivity index (χ1n) is 7.18. The standard InChI is InChI=1S/C14H26O5/c1-2-3-8-18-9-10-19-11-14(17)6-4-12(5-7-14)13(15)16/h12,17H,2-11H2,1H3,(H,15,16). The van der Waals surface area contributed by atoms with E-state index in [0.29, 0.717) is 38.9 Å². The highest BCUT2D eigenvalue weighted by Crippen LogP contribution is 2.32. The highest BCUT2D eigenvalue weighted by atomic mass is 16.5. The van der Waals surface area contributed by atoms with Crippen LogP contribution in [0.2, 0.25) is 0 Å². The summed E-state index contributed by atoms with van der Waals surface area (Å²) in [6.45, 7) is 4.17. The van der Waals surface area contributed by atoms with Gasteiger partial charge in [0.25, 0.3) is 0 Å². The Morgan fingerprint density at radius 1 is 1.21 bits per heavy atom. The van der Waals surface area contributed by atoms with Gasteiger partial charge >= 0.3 is 5.97 Å². The molecule has 19 heavy (non-hydrogen) atoms. The maximum atomic E-state index is 10.8. The summed E-state index contributed by atoms with van der Waals surface area (Å²) < 4.78 is 10.8. The summed E-state index contributed by atoms with van der Waals surface area (Å²) in [5.74, 6) is -1.06. The van der Waals surface area contributed by atoms with E-state index in [0.717, 1.165) is 19.4 Å². The van der Waals surface area contributed by atoms with E-state index in [1.807, 2.05) is 0 Å². The molecule has 0 amide bonds. The monoisotopic (exact) mass is 274 g/mol. The van der Waals surface area contributed by atoms with Crippen LogP contribution in [0.4, 0.5) is 0 Å². The molecule has 1 fully saturated rings. The van der Waals surface area contributed by atoms with Crippen molar-refractivity contribution in [3.63, 3.8) is 0 Å². The predicted molar refractivity (Wildman–Crippen MR) is 71.1 cm³/mol. The fourth-order valence-corrected chi connectivity index (χ4v) is 2.27. The molecule has 1 aliphatic carbocycles. The van der Waals surface area contributed by atoms with Crippen molar-refractivity contribution in [2.24, 2.45) is 5.92 Å². The van der Waals surface area contributed by atoms with Crippen LogP contribution in [0, 0.1) is 5.92 Å². The van der Waals surface area contributed by atoms with Crippen LogP contribution < -0.4 is 0 Å². The molecule has 0 saturated heterocycles. The van der Waals surface area contributed by atoms with Crippen molar-refractivity contribution in [2.45, 2.75) is 51.0 Å². The Hall–Kier alpha value is -0.650. The molecule has 1 rings (SSSR count). The Balaban J connectivity index is 2.07. The molecule has 5 nitrogen and oxygen atoms in total. The minimum Gasteiger partial charge on any atom is -0.481 e. The average molecular weight is 274 g/mol. The number of unbranched alkanes of at least 4 members (excludes halogenated alkanes) is 1. The molecule has 1 saturated carbocycles. The SMILES string of the molecule is CCCCOCCOCC1(O)CCC(C(=O)O)CC1. The lowest BCUT2D eigenvalue weighted by Gasteiger charge is -2.34. The van der Waals surface area contributed by atoms with Gasteiger partial charge in [0.15, 0.2) is 0 Å². The predicted octanol–water partition coefficient (Wildman–Crippen LogP) is 1.83. The second-order valence-corrected chi connectivity index (χ2v) is 5.36. The van der Waals surface area contributed by atoms with E-state index in [4.69, 9.17) is 14.6 Å². The van der Waals surface area contributed by atoms with Gasteiger partial charge in [-0.1, -0.05) is 13.3 Å². The van der Waals surface area contributed by atoms with E-state index in [1.165, 1.54) is 0 Å². The molecule has 0 heterocycles. The Kier molecular flexibility index (Phi) is 7.34. The molecule has 0 aliphatic heterocycles. The largest absolute Gasteiger partial charge is 0.481 e. The number of hydrogen-bond acceptors (Lipinski definition) is 4. The van der Waals surface area contributed by atoms with Crippen LogP contribution in [-0.4, -0.2) is 48.2 Å². The maximum Gasteiger partial charge on any atom is 0.306 e. The van der Waals surface area contributed by atoms with Gasteiger partial charge in [-0.2, -0.15) is 0 Å². The molecular weight excluding hydrogens is 248 g/mol. The lowest BCUT2D eigenvalue weighted by Crippen LogP contribution is -2.40. The molecular formula is C14H26O5. The molecule has 0 aromatic heterocycles. The smallest absolute Gasteiger partial charge is 0.306 e. The number of ether oxygens (including phenoxy) is 2. The lowest BCUT2D eigenvalue weighted by molar-refractivity contribution is -0.146. The van der Waals surface area contributed by atoms with Crippen molar-refractivity contribution in [3.8, 4) is 0 Å². The second-order valence-electron chi connectivity index (χ2n) is 5.36. The third-order valence-electron chi connectivity index (χ3n) is 3.65. The summed E-state index contributed by atoms with van der Waals surface area (Å²) in [6, 6.07) is 0. The van der Waals surface area contributed by atoms with Crippen molar-refractivity contribution < 1.29 is 24.5 Å². The minimum atomic E-state index is -0.852. The lowest BCUT2D eigenvalue weighted by atomic mass is 9.79. The first kappa shape index (κ1) is 16.4. The van der Waals surface area contributed by atoms with Crippen molar-refractivity contribution in [1.82, 2.24) is 0 Å². The van der Waals surface area contributed by atoms with Gasteiger partial charge in [-0.15, -0.1) is 0 Å². The Morgan fingerprint density at radius 2 is 1.84 bits per heavy atom. The zero-order valence-corrected chi connectivity index (χ0v) is 11.8. The van der Waals surface area contributed by atoms with Crippen LogP contribution in [0.15, 0.2) is 0 Å². The molecule has 0 atom stereocenters. The van der Waals surface area contributed by atoms with Crippen molar-refractivity contribution >= 4 is 5.97 Å². The quantitative estimate of drug-likeness (QED) is 0.627. The van der Waals surface area contributed by atoms with Crippen molar-refractivity contribution in [2.75, 3.05) is 26.4 Å². The zero-order chi connectivity index (χ0) is 14.1. The Morgan fingerprint density at radius 3 is 2.42 bits per heavy atom. The van der Waals surface area contributed by atoms with Gasteiger partial charge in [-0.25, -0.2) is 0 Å². The molecule has 5 heteroatoms. The third kappa shape index (κ3) is 6.36. The molecule has 0 spiro atoms. The number of carboxylic acid groups (broad SMARTS) is 1. The first-order chi connectivity index (χ1) is 9.07. The Labute approximate surface area is 114 Å². The summed E-state index contributed by atoms with van der Waals surface area (Å²) in [5.41, 5.74) is -0.852. The van der Waals surface area contributed by atoms with Crippen molar-refractivity contribution in [3.05, 3.63) is 0 Å². The summed E-state index contributed by atoms with van der Waals surface area (Å²) >= 11 is 0. The molecule has 0 bridgehead atoms. The van der Waals surface area contributed by atoms with E-state index in [2.05, 4.69) is 6.92 Å². The molecule has 112 valence electrons. The Bertz CT molecular complexity index is 259. The van der Waals surface area contributed by atoms with Crippen LogP contribution >= 0.6 is 0 Å². The highest BCUT2D eigenvalue weighted by Gasteiger charge is 2.35. The minimum absolute atomic E-state index is 0.274. The molecule has 0 aromatic rings.